The van der Waals surface area contributed by atoms with Crippen LogP contribution in [0.2, 0.25) is 0 Å². The van der Waals surface area contributed by atoms with Crippen molar-refractivity contribution >= 4 is 46.4 Å². The van der Waals surface area contributed by atoms with Gasteiger partial charge in [-0.25, -0.2) is 24.8 Å². The van der Waals surface area contributed by atoms with Crippen molar-refractivity contribution in [3.05, 3.63) is 54.2 Å². The quantitative estimate of drug-likeness (QED) is 0.181. The summed E-state index contributed by atoms with van der Waals surface area (Å²) in [7, 11) is 0. The fourth-order valence-corrected chi connectivity index (χ4v) is 4.61. The third kappa shape index (κ3) is 8.12. The van der Waals surface area contributed by atoms with Crippen LogP contribution in [0.5, 0.6) is 0 Å². The second-order valence-corrected chi connectivity index (χ2v) is 13.2. The highest BCUT2D eigenvalue weighted by molar-refractivity contribution is 7.90. The Morgan fingerprint density at radius 3 is 1.98 bits per heavy atom. The van der Waals surface area contributed by atoms with Crippen molar-refractivity contribution in [2.24, 2.45) is 0 Å². The molecule has 2 amide bonds. The molecular formula is C28H36N4O7S. The van der Waals surface area contributed by atoms with Crippen LogP contribution in [-0.4, -0.2) is 48.5 Å². The van der Waals surface area contributed by atoms with Crippen molar-refractivity contribution in [3.63, 3.8) is 0 Å². The number of fused-ring (bicyclic) bond motifs is 1. The molecule has 1 unspecified atom stereocenters. The topological polar surface area (TPSA) is 135 Å². The Morgan fingerprint density at radius 2 is 1.43 bits per heavy atom. The Kier molecular flexibility index (Phi) is 8.75. The van der Waals surface area contributed by atoms with Crippen LogP contribution in [0, 0.1) is 0 Å². The fraction of sp³-hybridized carbons (Fsp3) is 0.429. The monoisotopic (exact) mass is 572 g/mol. The van der Waals surface area contributed by atoms with E-state index in [2.05, 4.69) is 10.4 Å². The van der Waals surface area contributed by atoms with Gasteiger partial charge in [0.2, 0.25) is 0 Å². The molecule has 0 saturated heterocycles. The van der Waals surface area contributed by atoms with Gasteiger partial charge in [-0.15, -0.1) is 3.97 Å². The Bertz CT molecular complexity index is 1390. The number of benzene rings is 1. The largest absolute Gasteiger partial charge is 0.587 e. The van der Waals surface area contributed by atoms with E-state index in [1.807, 2.05) is 0 Å². The van der Waals surface area contributed by atoms with E-state index in [1.54, 1.807) is 98.7 Å². The Morgan fingerprint density at radius 1 is 0.850 bits per heavy atom. The number of hydrazine groups is 1. The van der Waals surface area contributed by atoms with Gasteiger partial charge in [-0.3, -0.25) is 0 Å². The predicted molar refractivity (Wildman–Crippen MR) is 151 cm³/mol. The van der Waals surface area contributed by atoms with E-state index < -0.39 is 46.3 Å². The second-order valence-electron chi connectivity index (χ2n) is 11.9. The average Bonchev–Trinajstić information content (AvgIpc) is 3.18. The second kappa shape index (κ2) is 11.4. The van der Waals surface area contributed by atoms with Gasteiger partial charge >= 0.3 is 18.2 Å². The molecule has 0 saturated carbocycles. The summed E-state index contributed by atoms with van der Waals surface area (Å²) in [6, 6.07) is 13.0. The molecule has 3 rings (SSSR count). The molecule has 0 aliphatic carbocycles. The molecule has 11 nitrogen and oxygen atoms in total. The molecule has 0 fully saturated rings. The molecule has 2 heterocycles. The molecule has 0 aliphatic rings. The number of rotatable bonds is 4. The molecule has 12 heteroatoms. The van der Waals surface area contributed by atoms with Crippen molar-refractivity contribution in [2.45, 2.75) is 84.0 Å². The number of nitrogens with one attached hydrogen (secondary N) is 1. The fourth-order valence-electron chi connectivity index (χ4n) is 3.37. The summed E-state index contributed by atoms with van der Waals surface area (Å²) in [5.41, 5.74) is 0.422. The molecule has 0 spiro atoms. The number of anilines is 1. The number of nitrogens with zero attached hydrogens (tertiary/aromatic N) is 3. The van der Waals surface area contributed by atoms with Gasteiger partial charge in [0.25, 0.3) is 0 Å². The van der Waals surface area contributed by atoms with E-state index in [0.717, 1.165) is 5.01 Å². The predicted octanol–water partition coefficient (Wildman–Crippen LogP) is 5.74. The van der Waals surface area contributed by atoms with Crippen LogP contribution in [0.1, 0.15) is 72.8 Å². The number of hydrogen-bond donors (Lipinski definition) is 1. The Hall–Kier alpha value is -3.77. The molecule has 40 heavy (non-hydrogen) atoms. The number of carbonyl (C=O) groups excluding carboxylic acids is 3. The van der Waals surface area contributed by atoms with Crippen LogP contribution < -0.4 is 10.4 Å². The van der Waals surface area contributed by atoms with Crippen LogP contribution in [0.25, 0.3) is 11.0 Å². The van der Waals surface area contributed by atoms with E-state index >= 15 is 0 Å². The first-order valence-corrected chi connectivity index (χ1v) is 13.7. The number of aromatic nitrogens is 2. The smallest absolute Gasteiger partial charge is 0.435 e. The number of ether oxygens (including phenoxy) is 3. The zero-order valence-electron chi connectivity index (χ0n) is 24.2. The number of esters is 1. The maximum absolute atomic E-state index is 13.7. The molecule has 2 aromatic heterocycles. The number of hydrogen-bond acceptors (Lipinski definition) is 8. The minimum absolute atomic E-state index is 0.000630. The van der Waals surface area contributed by atoms with Crippen molar-refractivity contribution in [3.8, 4) is 0 Å². The third-order valence-electron chi connectivity index (χ3n) is 4.72. The van der Waals surface area contributed by atoms with Gasteiger partial charge in [-0.2, -0.15) is 5.01 Å². The minimum atomic E-state index is -1.83. The summed E-state index contributed by atoms with van der Waals surface area (Å²) in [4.78, 5) is 43.8. The zero-order valence-corrected chi connectivity index (χ0v) is 25.0. The molecule has 3 aromatic rings. The molecule has 216 valence electrons. The third-order valence-corrected chi connectivity index (χ3v) is 6.13. The van der Waals surface area contributed by atoms with Gasteiger partial charge in [0.1, 0.15) is 33.7 Å². The lowest BCUT2D eigenvalue weighted by molar-refractivity contribution is 0.00615. The standard InChI is InChI=1S/C28H36N4O7S/c1-26(2,3)37-23(33)21-17-19-20(32(21)40(36)18-13-11-10-12-14-18)15-16-22(29-19)31(25(35)39-28(7,8)9)30-24(34)38-27(4,5)6/h10-17H,1-9H3,(H,30,34). The normalized spacial score (nSPS) is 12.9. The summed E-state index contributed by atoms with van der Waals surface area (Å²) in [6.45, 7) is 15.3. The van der Waals surface area contributed by atoms with Gasteiger partial charge in [0.15, 0.2) is 16.4 Å². The van der Waals surface area contributed by atoms with E-state index in [9.17, 15) is 18.9 Å². The SMILES string of the molecule is CC(C)(C)OC(=O)NN(C(=O)OC(C)(C)C)c1ccc2c(cc(C(=O)OC(C)(C)C)n2[S+]([O-])c2ccccc2)n1. The van der Waals surface area contributed by atoms with Gasteiger partial charge < -0.3 is 18.8 Å². The molecule has 0 aliphatic heterocycles. The first kappa shape index (κ1) is 30.8. The van der Waals surface area contributed by atoms with Crippen LogP contribution in [0.4, 0.5) is 15.4 Å². The maximum Gasteiger partial charge on any atom is 0.435 e. The number of amides is 2. The molecule has 1 N–H and O–H groups in total. The molecule has 0 bridgehead atoms. The van der Waals surface area contributed by atoms with Crippen LogP contribution in [-0.2, 0) is 25.6 Å². The van der Waals surface area contributed by atoms with Crippen molar-refractivity contribution in [1.29, 1.82) is 0 Å². The summed E-state index contributed by atoms with van der Waals surface area (Å²) in [6.07, 6.45) is -1.82. The summed E-state index contributed by atoms with van der Waals surface area (Å²) in [5, 5.41) is 0.817. The minimum Gasteiger partial charge on any atom is -0.587 e. The van der Waals surface area contributed by atoms with Crippen molar-refractivity contribution in [2.75, 3.05) is 5.01 Å². The highest BCUT2D eigenvalue weighted by Gasteiger charge is 2.32. The lowest BCUT2D eigenvalue weighted by Crippen LogP contribution is -2.50. The van der Waals surface area contributed by atoms with E-state index in [-0.39, 0.29) is 17.0 Å². The van der Waals surface area contributed by atoms with E-state index in [0.29, 0.717) is 10.4 Å². The van der Waals surface area contributed by atoms with Crippen molar-refractivity contribution < 1.29 is 33.1 Å². The molecule has 1 atom stereocenters. The van der Waals surface area contributed by atoms with E-state index in [4.69, 9.17) is 14.2 Å². The van der Waals surface area contributed by atoms with Crippen LogP contribution >= 0.6 is 0 Å². The summed E-state index contributed by atoms with van der Waals surface area (Å²) >= 11 is -1.83. The van der Waals surface area contributed by atoms with Gasteiger partial charge in [0, 0.05) is 6.07 Å². The molecule has 0 radical (unpaired) electrons. The summed E-state index contributed by atoms with van der Waals surface area (Å²) in [5.74, 6) is -0.724. The Balaban J connectivity index is 2.14. The Labute approximate surface area is 237 Å². The van der Waals surface area contributed by atoms with E-state index in [1.165, 1.54) is 16.1 Å². The highest BCUT2D eigenvalue weighted by Crippen LogP contribution is 2.28. The lowest BCUT2D eigenvalue weighted by atomic mass is 10.2. The zero-order chi connectivity index (χ0) is 30.0. The molecular weight excluding hydrogens is 536 g/mol. The van der Waals surface area contributed by atoms with Gasteiger partial charge in [-0.1, -0.05) is 18.2 Å². The van der Waals surface area contributed by atoms with Crippen LogP contribution in [0.3, 0.4) is 0 Å². The number of pyridine rings is 1. The molecule has 1 aromatic carbocycles. The average molecular weight is 573 g/mol. The van der Waals surface area contributed by atoms with Gasteiger partial charge in [0.05, 0.1) is 5.52 Å². The first-order valence-electron chi connectivity index (χ1n) is 12.6. The van der Waals surface area contributed by atoms with Crippen molar-refractivity contribution in [1.82, 2.24) is 14.4 Å². The van der Waals surface area contributed by atoms with Gasteiger partial charge in [-0.05, 0) is 86.6 Å². The highest BCUT2D eigenvalue weighted by atomic mass is 32.2. The van der Waals surface area contributed by atoms with Crippen LogP contribution in [0.15, 0.2) is 53.4 Å². The number of carbonyl (C=O) groups is 3. The maximum atomic E-state index is 13.7. The first-order chi connectivity index (χ1) is 18.3. The lowest BCUT2D eigenvalue weighted by Gasteiger charge is -2.28. The summed E-state index contributed by atoms with van der Waals surface area (Å²) < 4.78 is 31.3.